The van der Waals surface area contributed by atoms with Gasteiger partial charge in [-0.05, 0) is 12.3 Å². The zero-order valence-corrected chi connectivity index (χ0v) is 10.8. The lowest BCUT2D eigenvalue weighted by Gasteiger charge is -2.15. The Morgan fingerprint density at radius 1 is 1.35 bits per heavy atom. The average molecular weight is 267 g/mol. The summed E-state index contributed by atoms with van der Waals surface area (Å²) in [5.74, 6) is -3.08. The van der Waals surface area contributed by atoms with E-state index in [0.717, 1.165) is 7.11 Å². The number of carboxylic acids is 1. The number of hydrogen-bond donors (Lipinski definition) is 2. The second-order valence-corrected chi connectivity index (χ2v) is 5.73. The fraction of sp³-hybridized carbons (Fsp3) is 0.778. The van der Waals surface area contributed by atoms with Gasteiger partial charge in [0.2, 0.25) is 10.0 Å². The summed E-state index contributed by atoms with van der Waals surface area (Å²) in [5, 5.41) is 8.83. The van der Waals surface area contributed by atoms with E-state index in [1.807, 2.05) is 4.72 Å². The molecule has 0 bridgehead atoms. The Hall–Kier alpha value is -1.15. The highest BCUT2D eigenvalue weighted by Crippen LogP contribution is 2.06. The van der Waals surface area contributed by atoms with Gasteiger partial charge in [-0.3, -0.25) is 9.59 Å². The maximum atomic E-state index is 11.4. The van der Waals surface area contributed by atoms with Crippen molar-refractivity contribution in [1.82, 2.24) is 4.72 Å². The Bertz CT molecular complexity index is 375. The summed E-state index contributed by atoms with van der Waals surface area (Å²) >= 11 is 0. The normalized spacial score (nSPS) is 13.4. The molecule has 0 aromatic carbocycles. The van der Waals surface area contributed by atoms with E-state index in [9.17, 15) is 18.0 Å². The first-order valence-electron chi connectivity index (χ1n) is 4.97. The largest absolute Gasteiger partial charge is 0.480 e. The summed E-state index contributed by atoms with van der Waals surface area (Å²) in [5.41, 5.74) is 0. The highest BCUT2D eigenvalue weighted by molar-refractivity contribution is 7.90. The minimum atomic E-state index is -3.99. The molecule has 0 aromatic heterocycles. The lowest BCUT2D eigenvalue weighted by molar-refractivity contribution is -0.140. The maximum absolute atomic E-state index is 11.4. The topological polar surface area (TPSA) is 110 Å². The highest BCUT2D eigenvalue weighted by atomic mass is 32.2. The molecule has 1 atom stereocenters. The van der Waals surface area contributed by atoms with E-state index in [-0.39, 0.29) is 12.3 Å². The van der Waals surface area contributed by atoms with E-state index in [1.165, 1.54) is 0 Å². The van der Waals surface area contributed by atoms with E-state index >= 15 is 0 Å². The molecule has 1 unspecified atom stereocenters. The number of esters is 1. The molecule has 0 saturated carbocycles. The van der Waals surface area contributed by atoms with Gasteiger partial charge in [0.05, 0.1) is 7.11 Å². The first kappa shape index (κ1) is 15.9. The first-order valence-corrected chi connectivity index (χ1v) is 6.62. The Morgan fingerprint density at radius 3 is 2.24 bits per heavy atom. The van der Waals surface area contributed by atoms with Gasteiger partial charge in [-0.15, -0.1) is 0 Å². The molecule has 0 fully saturated rings. The summed E-state index contributed by atoms with van der Waals surface area (Å²) in [7, 11) is -2.93. The van der Waals surface area contributed by atoms with Crippen LogP contribution in [0.15, 0.2) is 0 Å². The summed E-state index contributed by atoms with van der Waals surface area (Å²) in [6, 6.07) is -1.23. The smallest absolute Gasteiger partial charge is 0.322 e. The molecule has 0 aliphatic carbocycles. The van der Waals surface area contributed by atoms with Crippen LogP contribution in [0.5, 0.6) is 0 Å². The van der Waals surface area contributed by atoms with Crippen LogP contribution in [0.4, 0.5) is 0 Å². The summed E-state index contributed by atoms with van der Waals surface area (Å²) in [4.78, 5) is 21.6. The van der Waals surface area contributed by atoms with Crippen LogP contribution in [0.3, 0.4) is 0 Å². The molecule has 100 valence electrons. The van der Waals surface area contributed by atoms with Crippen LogP contribution in [0.25, 0.3) is 0 Å². The van der Waals surface area contributed by atoms with Gasteiger partial charge in [-0.1, -0.05) is 13.8 Å². The Labute approximate surface area is 100 Å². The van der Waals surface area contributed by atoms with Crippen LogP contribution in [-0.2, 0) is 24.3 Å². The molecule has 0 aromatic rings. The number of aliphatic carboxylic acids is 1. The number of carboxylic acid groups (broad SMARTS) is 1. The number of nitrogens with one attached hydrogen (secondary N) is 1. The van der Waals surface area contributed by atoms with Crippen molar-refractivity contribution < 1.29 is 27.9 Å². The molecule has 0 amide bonds. The van der Waals surface area contributed by atoms with E-state index in [0.29, 0.717) is 0 Å². The van der Waals surface area contributed by atoms with E-state index in [2.05, 4.69) is 4.74 Å². The lowest BCUT2D eigenvalue weighted by atomic mass is 10.1. The minimum absolute atomic E-state index is 0.0110. The third-order valence-electron chi connectivity index (χ3n) is 1.86. The molecule has 0 heterocycles. The standard InChI is InChI=1S/C9H17NO6S/c1-6(2)4-7(9(12)13)10-17(14,15)5-8(11)16-3/h6-7,10H,4-5H2,1-3H3,(H,12,13). The molecule has 7 nitrogen and oxygen atoms in total. The maximum Gasteiger partial charge on any atom is 0.322 e. The van der Waals surface area contributed by atoms with Crippen molar-refractivity contribution in [2.24, 2.45) is 5.92 Å². The molecule has 8 heteroatoms. The Morgan fingerprint density at radius 2 is 1.88 bits per heavy atom. The van der Waals surface area contributed by atoms with Gasteiger partial charge in [0.25, 0.3) is 0 Å². The molecular formula is C9H17NO6S. The van der Waals surface area contributed by atoms with E-state index < -0.39 is 33.8 Å². The van der Waals surface area contributed by atoms with Crippen molar-refractivity contribution >= 4 is 22.0 Å². The van der Waals surface area contributed by atoms with Crippen molar-refractivity contribution in [3.8, 4) is 0 Å². The molecule has 0 aliphatic heterocycles. The molecule has 0 spiro atoms. The second kappa shape index (κ2) is 6.55. The van der Waals surface area contributed by atoms with Gasteiger partial charge in [-0.2, -0.15) is 0 Å². The average Bonchev–Trinajstić information content (AvgIpc) is 2.14. The summed E-state index contributed by atoms with van der Waals surface area (Å²) < 4.78 is 29.0. The molecule has 0 aliphatic rings. The molecule has 0 radical (unpaired) electrons. The fourth-order valence-electron chi connectivity index (χ4n) is 1.14. The monoisotopic (exact) mass is 267 g/mol. The fourth-order valence-corrected chi connectivity index (χ4v) is 2.29. The molecular weight excluding hydrogens is 250 g/mol. The van der Waals surface area contributed by atoms with Crippen molar-refractivity contribution in [1.29, 1.82) is 0 Å². The number of sulfonamides is 1. The number of hydrogen-bond acceptors (Lipinski definition) is 5. The number of carbonyl (C=O) groups is 2. The van der Waals surface area contributed by atoms with Crippen LogP contribution >= 0.6 is 0 Å². The first-order chi connectivity index (χ1) is 7.68. The van der Waals surface area contributed by atoms with Gasteiger partial charge < -0.3 is 9.84 Å². The number of methoxy groups -OCH3 is 1. The zero-order chi connectivity index (χ0) is 13.6. The Kier molecular flexibility index (Phi) is 6.11. The minimum Gasteiger partial charge on any atom is -0.480 e. The van der Waals surface area contributed by atoms with E-state index in [1.54, 1.807) is 13.8 Å². The van der Waals surface area contributed by atoms with Crippen molar-refractivity contribution in [3.63, 3.8) is 0 Å². The van der Waals surface area contributed by atoms with Crippen LogP contribution < -0.4 is 4.72 Å². The quantitative estimate of drug-likeness (QED) is 0.606. The number of ether oxygens (including phenoxy) is 1. The zero-order valence-electron chi connectivity index (χ0n) is 9.97. The van der Waals surface area contributed by atoms with Gasteiger partial charge in [0.1, 0.15) is 6.04 Å². The van der Waals surface area contributed by atoms with Crippen molar-refractivity contribution in [3.05, 3.63) is 0 Å². The Balaban J connectivity index is 4.64. The molecule has 0 rings (SSSR count). The number of rotatable bonds is 7. The van der Waals surface area contributed by atoms with Crippen molar-refractivity contribution in [2.75, 3.05) is 12.9 Å². The van der Waals surface area contributed by atoms with E-state index in [4.69, 9.17) is 5.11 Å². The highest BCUT2D eigenvalue weighted by Gasteiger charge is 2.26. The second-order valence-electron chi connectivity index (χ2n) is 3.97. The van der Waals surface area contributed by atoms with Gasteiger partial charge in [-0.25, -0.2) is 13.1 Å². The van der Waals surface area contributed by atoms with Gasteiger partial charge >= 0.3 is 11.9 Å². The van der Waals surface area contributed by atoms with Crippen LogP contribution in [0.2, 0.25) is 0 Å². The lowest BCUT2D eigenvalue weighted by Crippen LogP contribution is -2.43. The number of carbonyl (C=O) groups excluding carboxylic acids is 1. The molecule has 2 N–H and O–H groups in total. The van der Waals surface area contributed by atoms with Crippen LogP contribution in [-0.4, -0.2) is 44.4 Å². The summed E-state index contributed by atoms with van der Waals surface area (Å²) in [6.45, 7) is 3.54. The summed E-state index contributed by atoms with van der Waals surface area (Å²) in [6.07, 6.45) is 0.149. The SMILES string of the molecule is COC(=O)CS(=O)(=O)NC(CC(C)C)C(=O)O. The van der Waals surface area contributed by atoms with Gasteiger partial charge in [0, 0.05) is 0 Å². The van der Waals surface area contributed by atoms with Crippen LogP contribution in [0, 0.1) is 5.92 Å². The third-order valence-corrected chi connectivity index (χ3v) is 3.12. The van der Waals surface area contributed by atoms with Gasteiger partial charge in [0.15, 0.2) is 5.75 Å². The molecule has 17 heavy (non-hydrogen) atoms. The molecule has 0 saturated heterocycles. The van der Waals surface area contributed by atoms with Crippen molar-refractivity contribution in [2.45, 2.75) is 26.3 Å². The predicted octanol–water partition coefficient (Wildman–Crippen LogP) is -0.422. The predicted molar refractivity (Wildman–Crippen MR) is 59.8 cm³/mol. The third kappa shape index (κ3) is 6.90. The van der Waals surface area contributed by atoms with Crippen LogP contribution in [0.1, 0.15) is 20.3 Å².